The lowest BCUT2D eigenvalue weighted by atomic mass is 10.1. The molecule has 7 heteroatoms. The Bertz CT molecular complexity index is 1100. The van der Waals surface area contributed by atoms with Crippen LogP contribution in [-0.2, 0) is 0 Å². The standard InChI is InChI=1S/C20H17N3O3S/c1-12-4-5-16(19(23-12)20-22-8-9-27-20)26-15-6-7-21-14-11-18(25-3)17(24-2)10-13(14)15/h4-11H,1-3H3. The summed E-state index contributed by atoms with van der Waals surface area (Å²) in [5.41, 5.74) is 2.37. The largest absolute Gasteiger partial charge is 0.493 e. The van der Waals surface area contributed by atoms with Crippen molar-refractivity contribution in [3.05, 3.63) is 53.8 Å². The van der Waals surface area contributed by atoms with Gasteiger partial charge in [-0.15, -0.1) is 11.3 Å². The van der Waals surface area contributed by atoms with Crippen LogP contribution in [0.1, 0.15) is 5.69 Å². The first kappa shape index (κ1) is 17.2. The third-order valence-corrected chi connectivity index (χ3v) is 4.84. The zero-order valence-electron chi connectivity index (χ0n) is 15.1. The third kappa shape index (κ3) is 3.29. The van der Waals surface area contributed by atoms with Gasteiger partial charge in [0, 0.05) is 34.9 Å². The minimum absolute atomic E-state index is 0.616. The molecule has 3 aromatic heterocycles. The number of ether oxygens (including phenoxy) is 3. The molecule has 3 heterocycles. The average Bonchev–Trinajstić information content (AvgIpc) is 3.23. The first-order chi connectivity index (χ1) is 13.2. The van der Waals surface area contributed by atoms with E-state index >= 15 is 0 Å². The number of aromatic nitrogens is 3. The fourth-order valence-electron chi connectivity index (χ4n) is 2.77. The summed E-state index contributed by atoms with van der Waals surface area (Å²) < 4.78 is 17.0. The molecule has 0 unspecified atom stereocenters. The number of methoxy groups -OCH3 is 2. The first-order valence-electron chi connectivity index (χ1n) is 8.25. The molecule has 0 N–H and O–H groups in total. The molecular weight excluding hydrogens is 362 g/mol. The second kappa shape index (κ2) is 7.20. The van der Waals surface area contributed by atoms with Gasteiger partial charge in [0.05, 0.1) is 19.7 Å². The number of pyridine rings is 2. The van der Waals surface area contributed by atoms with E-state index in [4.69, 9.17) is 14.2 Å². The van der Waals surface area contributed by atoms with E-state index in [1.54, 1.807) is 26.6 Å². The molecule has 0 radical (unpaired) electrons. The maximum absolute atomic E-state index is 6.24. The number of hydrogen-bond acceptors (Lipinski definition) is 7. The summed E-state index contributed by atoms with van der Waals surface area (Å²) in [5, 5.41) is 3.55. The van der Waals surface area contributed by atoms with Crippen LogP contribution >= 0.6 is 11.3 Å². The molecule has 0 aliphatic heterocycles. The fraction of sp³-hybridized carbons (Fsp3) is 0.150. The van der Waals surface area contributed by atoms with Crippen LogP contribution < -0.4 is 14.2 Å². The number of aryl methyl sites for hydroxylation is 1. The lowest BCUT2D eigenvalue weighted by Crippen LogP contribution is -1.95. The summed E-state index contributed by atoms with van der Waals surface area (Å²) in [4.78, 5) is 13.4. The summed E-state index contributed by atoms with van der Waals surface area (Å²) in [6.07, 6.45) is 3.46. The van der Waals surface area contributed by atoms with Crippen molar-refractivity contribution in [2.75, 3.05) is 14.2 Å². The second-order valence-electron chi connectivity index (χ2n) is 5.77. The molecule has 0 fully saturated rings. The number of rotatable bonds is 5. The predicted molar refractivity (Wildman–Crippen MR) is 105 cm³/mol. The Labute approximate surface area is 160 Å². The van der Waals surface area contributed by atoms with E-state index in [0.717, 1.165) is 27.3 Å². The van der Waals surface area contributed by atoms with E-state index in [0.29, 0.717) is 23.0 Å². The van der Waals surface area contributed by atoms with Crippen LogP contribution in [-0.4, -0.2) is 29.2 Å². The van der Waals surface area contributed by atoms with Gasteiger partial charge >= 0.3 is 0 Å². The van der Waals surface area contributed by atoms with Gasteiger partial charge in [0.2, 0.25) is 0 Å². The summed E-state index contributed by atoms with van der Waals surface area (Å²) in [6, 6.07) is 9.34. The molecule has 1 aromatic carbocycles. The van der Waals surface area contributed by atoms with Crippen LogP contribution in [0.5, 0.6) is 23.0 Å². The van der Waals surface area contributed by atoms with Crippen molar-refractivity contribution in [3.63, 3.8) is 0 Å². The lowest BCUT2D eigenvalue weighted by Gasteiger charge is -2.13. The number of thiazole rings is 1. The molecule has 0 amide bonds. The molecule has 0 spiro atoms. The third-order valence-electron chi connectivity index (χ3n) is 4.06. The van der Waals surface area contributed by atoms with Crippen molar-refractivity contribution in [1.82, 2.24) is 15.0 Å². The van der Waals surface area contributed by atoms with Crippen LogP contribution in [0.2, 0.25) is 0 Å². The van der Waals surface area contributed by atoms with Crippen LogP contribution in [0.25, 0.3) is 21.6 Å². The Morgan fingerprint density at radius 1 is 0.852 bits per heavy atom. The van der Waals surface area contributed by atoms with Gasteiger partial charge in [0.15, 0.2) is 17.2 Å². The second-order valence-corrected chi connectivity index (χ2v) is 6.67. The zero-order chi connectivity index (χ0) is 18.8. The first-order valence-corrected chi connectivity index (χ1v) is 9.13. The molecule has 136 valence electrons. The minimum Gasteiger partial charge on any atom is -0.493 e. The molecule has 4 rings (SSSR count). The number of nitrogens with zero attached hydrogens (tertiary/aromatic N) is 3. The van der Waals surface area contributed by atoms with Gasteiger partial charge in [-0.25, -0.2) is 9.97 Å². The zero-order valence-corrected chi connectivity index (χ0v) is 15.9. The molecule has 6 nitrogen and oxygen atoms in total. The Morgan fingerprint density at radius 3 is 2.41 bits per heavy atom. The highest BCUT2D eigenvalue weighted by molar-refractivity contribution is 7.13. The number of hydrogen-bond donors (Lipinski definition) is 0. The van der Waals surface area contributed by atoms with Gasteiger partial charge < -0.3 is 14.2 Å². The van der Waals surface area contributed by atoms with E-state index in [1.807, 2.05) is 42.6 Å². The molecule has 0 aliphatic rings. The van der Waals surface area contributed by atoms with Crippen LogP contribution in [0.15, 0.2) is 48.1 Å². The highest BCUT2D eigenvalue weighted by atomic mass is 32.1. The van der Waals surface area contributed by atoms with E-state index in [2.05, 4.69) is 15.0 Å². The van der Waals surface area contributed by atoms with Crippen molar-refractivity contribution in [3.8, 4) is 33.7 Å². The van der Waals surface area contributed by atoms with Gasteiger partial charge in [0.1, 0.15) is 16.5 Å². The van der Waals surface area contributed by atoms with Crippen molar-refractivity contribution in [1.29, 1.82) is 0 Å². The van der Waals surface area contributed by atoms with E-state index in [1.165, 1.54) is 11.3 Å². The van der Waals surface area contributed by atoms with Crippen LogP contribution in [0.4, 0.5) is 0 Å². The predicted octanol–water partition coefficient (Wildman–Crippen LogP) is 4.87. The van der Waals surface area contributed by atoms with E-state index in [9.17, 15) is 0 Å². The van der Waals surface area contributed by atoms with Crippen molar-refractivity contribution >= 4 is 22.2 Å². The Hall–Kier alpha value is -3.19. The summed E-state index contributed by atoms with van der Waals surface area (Å²) in [5.74, 6) is 2.53. The van der Waals surface area contributed by atoms with E-state index < -0.39 is 0 Å². The normalized spacial score (nSPS) is 10.8. The van der Waals surface area contributed by atoms with Crippen molar-refractivity contribution < 1.29 is 14.2 Å². The average molecular weight is 379 g/mol. The maximum atomic E-state index is 6.24. The smallest absolute Gasteiger partial charge is 0.162 e. The molecule has 0 saturated carbocycles. The van der Waals surface area contributed by atoms with Crippen LogP contribution in [0.3, 0.4) is 0 Å². The number of fused-ring (bicyclic) bond motifs is 1. The van der Waals surface area contributed by atoms with Gasteiger partial charge in [0.25, 0.3) is 0 Å². The van der Waals surface area contributed by atoms with Crippen molar-refractivity contribution in [2.45, 2.75) is 6.92 Å². The number of benzene rings is 1. The highest BCUT2D eigenvalue weighted by Gasteiger charge is 2.15. The molecule has 0 saturated heterocycles. The Kier molecular flexibility index (Phi) is 4.60. The monoisotopic (exact) mass is 379 g/mol. The van der Waals surface area contributed by atoms with Crippen molar-refractivity contribution in [2.24, 2.45) is 0 Å². The minimum atomic E-state index is 0.616. The SMILES string of the molecule is COc1cc2nccc(Oc3ccc(C)nc3-c3nccs3)c2cc1OC. The molecule has 27 heavy (non-hydrogen) atoms. The molecule has 0 aliphatic carbocycles. The summed E-state index contributed by atoms with van der Waals surface area (Å²) in [6.45, 7) is 1.94. The summed E-state index contributed by atoms with van der Waals surface area (Å²) in [7, 11) is 3.20. The topological polar surface area (TPSA) is 66.4 Å². The quantitative estimate of drug-likeness (QED) is 0.493. The molecule has 4 aromatic rings. The van der Waals surface area contributed by atoms with E-state index in [-0.39, 0.29) is 0 Å². The maximum Gasteiger partial charge on any atom is 0.162 e. The van der Waals surface area contributed by atoms with Gasteiger partial charge in [-0.1, -0.05) is 0 Å². The molecular formula is C20H17N3O3S. The van der Waals surface area contributed by atoms with Gasteiger partial charge in [-0.3, -0.25) is 4.98 Å². The van der Waals surface area contributed by atoms with Gasteiger partial charge in [-0.2, -0.15) is 0 Å². The Balaban J connectivity index is 1.83. The lowest BCUT2D eigenvalue weighted by molar-refractivity contribution is 0.355. The Morgan fingerprint density at radius 2 is 1.67 bits per heavy atom. The highest BCUT2D eigenvalue weighted by Crippen LogP contribution is 2.39. The van der Waals surface area contributed by atoms with Gasteiger partial charge in [-0.05, 0) is 31.2 Å². The summed E-state index contributed by atoms with van der Waals surface area (Å²) >= 11 is 1.52. The fourth-order valence-corrected chi connectivity index (χ4v) is 3.41. The van der Waals surface area contributed by atoms with Crippen LogP contribution in [0, 0.1) is 6.92 Å². The molecule has 0 bridgehead atoms. The molecule has 0 atom stereocenters.